The Morgan fingerprint density at radius 1 is 1.59 bits per heavy atom. The minimum Gasteiger partial charge on any atom is -0.393 e. The van der Waals surface area contributed by atoms with E-state index in [1.54, 1.807) is 18.2 Å². The van der Waals surface area contributed by atoms with Crippen LogP contribution in [-0.4, -0.2) is 23.2 Å². The summed E-state index contributed by atoms with van der Waals surface area (Å²) < 4.78 is 0. The topological polar surface area (TPSA) is 87.4 Å². The van der Waals surface area contributed by atoms with E-state index in [4.69, 9.17) is 17.4 Å². The molecule has 0 saturated heterocycles. The number of benzene rings is 1. The molecule has 1 heterocycles. The van der Waals surface area contributed by atoms with Crippen molar-refractivity contribution in [2.24, 2.45) is 5.84 Å². The number of aliphatic hydroxyl groups excluding tert-OH is 1. The zero-order valence-electron chi connectivity index (χ0n) is 9.11. The van der Waals surface area contributed by atoms with Gasteiger partial charge in [-0.25, -0.2) is 5.84 Å². The predicted molar refractivity (Wildman–Crippen MR) is 65.5 cm³/mol. The van der Waals surface area contributed by atoms with E-state index in [2.05, 4.69) is 10.7 Å². The van der Waals surface area contributed by atoms with Crippen molar-refractivity contribution in [1.82, 2.24) is 5.43 Å². The first-order valence-electron chi connectivity index (χ1n) is 5.33. The van der Waals surface area contributed by atoms with Crippen LogP contribution in [0.15, 0.2) is 18.2 Å². The van der Waals surface area contributed by atoms with Gasteiger partial charge >= 0.3 is 0 Å². The van der Waals surface area contributed by atoms with E-state index >= 15 is 0 Å². The minimum absolute atomic E-state index is 0.315. The summed E-state index contributed by atoms with van der Waals surface area (Å²) in [7, 11) is 0. The third-order valence-electron chi connectivity index (χ3n) is 2.82. The molecular formula is C11H14ClN3O2. The Labute approximate surface area is 104 Å². The van der Waals surface area contributed by atoms with E-state index in [-0.39, 0.29) is 5.91 Å². The quantitative estimate of drug-likeness (QED) is 0.333. The number of anilines is 1. The Bertz CT molecular complexity index is 439. The number of rotatable bonds is 1. The van der Waals surface area contributed by atoms with Crippen molar-refractivity contribution in [2.45, 2.75) is 25.0 Å². The molecule has 2 rings (SSSR count). The van der Waals surface area contributed by atoms with Crippen LogP contribution in [0.1, 0.15) is 12.0 Å². The van der Waals surface area contributed by atoms with Crippen LogP contribution in [0.4, 0.5) is 5.69 Å². The first-order chi connectivity index (χ1) is 8.10. The van der Waals surface area contributed by atoms with E-state index in [1.807, 2.05) is 0 Å². The molecule has 2 atom stereocenters. The summed E-state index contributed by atoms with van der Waals surface area (Å²) in [4.78, 5) is 11.5. The number of halogens is 1. The SMILES string of the molecule is NNC(=O)C1CC(O)Cc2cc(Cl)ccc2N1. The molecule has 5 N–H and O–H groups in total. The van der Waals surface area contributed by atoms with Crippen LogP contribution < -0.4 is 16.6 Å². The lowest BCUT2D eigenvalue weighted by atomic mass is 10.0. The summed E-state index contributed by atoms with van der Waals surface area (Å²) in [6, 6.07) is 4.79. The van der Waals surface area contributed by atoms with Crippen molar-refractivity contribution in [3.63, 3.8) is 0 Å². The Balaban J connectivity index is 2.30. The molecule has 1 aliphatic rings. The van der Waals surface area contributed by atoms with Gasteiger partial charge in [-0.3, -0.25) is 10.2 Å². The highest BCUT2D eigenvalue weighted by atomic mass is 35.5. The summed E-state index contributed by atoms with van der Waals surface area (Å²) in [5.41, 5.74) is 3.79. The fourth-order valence-electron chi connectivity index (χ4n) is 2.00. The number of aliphatic hydroxyl groups is 1. The second-order valence-electron chi connectivity index (χ2n) is 4.10. The molecule has 2 unspecified atom stereocenters. The molecule has 0 fully saturated rings. The van der Waals surface area contributed by atoms with Crippen molar-refractivity contribution in [1.29, 1.82) is 0 Å². The standard InChI is InChI=1S/C11H14ClN3O2/c12-7-1-2-9-6(3-7)4-8(16)5-10(14-9)11(17)15-13/h1-3,8,10,14,16H,4-5,13H2,(H,15,17). The summed E-state index contributed by atoms with van der Waals surface area (Å²) in [6.07, 6.45) is 0.191. The number of hydrazine groups is 1. The van der Waals surface area contributed by atoms with Gasteiger partial charge in [-0.2, -0.15) is 0 Å². The van der Waals surface area contributed by atoms with Gasteiger partial charge in [-0.15, -0.1) is 0 Å². The molecule has 17 heavy (non-hydrogen) atoms. The molecule has 0 radical (unpaired) electrons. The predicted octanol–water partition coefficient (Wildman–Crippen LogP) is 0.418. The van der Waals surface area contributed by atoms with E-state index in [9.17, 15) is 9.90 Å². The highest BCUT2D eigenvalue weighted by Gasteiger charge is 2.26. The van der Waals surface area contributed by atoms with E-state index < -0.39 is 12.1 Å². The van der Waals surface area contributed by atoms with Crippen molar-refractivity contribution in [3.05, 3.63) is 28.8 Å². The first-order valence-corrected chi connectivity index (χ1v) is 5.71. The number of nitrogens with two attached hydrogens (primary N) is 1. The van der Waals surface area contributed by atoms with E-state index in [1.165, 1.54) is 0 Å². The third-order valence-corrected chi connectivity index (χ3v) is 3.05. The molecule has 1 amide bonds. The van der Waals surface area contributed by atoms with Gasteiger partial charge in [-0.05, 0) is 23.8 Å². The number of hydrogen-bond donors (Lipinski definition) is 4. The zero-order chi connectivity index (χ0) is 12.4. The van der Waals surface area contributed by atoms with Gasteiger partial charge in [0, 0.05) is 23.6 Å². The monoisotopic (exact) mass is 255 g/mol. The van der Waals surface area contributed by atoms with Crippen LogP contribution in [0.5, 0.6) is 0 Å². The van der Waals surface area contributed by atoms with E-state index in [0.29, 0.717) is 17.9 Å². The summed E-state index contributed by atoms with van der Waals surface area (Å²) >= 11 is 5.90. The second kappa shape index (κ2) is 4.91. The lowest BCUT2D eigenvalue weighted by Gasteiger charge is -2.17. The van der Waals surface area contributed by atoms with Gasteiger partial charge in [0.1, 0.15) is 6.04 Å². The average molecular weight is 256 g/mol. The van der Waals surface area contributed by atoms with Gasteiger partial charge in [-0.1, -0.05) is 11.6 Å². The second-order valence-corrected chi connectivity index (χ2v) is 4.54. The lowest BCUT2D eigenvalue weighted by molar-refractivity contribution is -0.122. The van der Waals surface area contributed by atoms with Crippen LogP contribution >= 0.6 is 11.6 Å². The Morgan fingerprint density at radius 3 is 3.06 bits per heavy atom. The van der Waals surface area contributed by atoms with Gasteiger partial charge in [0.05, 0.1) is 6.10 Å². The van der Waals surface area contributed by atoms with Crippen molar-refractivity contribution in [2.75, 3.05) is 5.32 Å². The number of amides is 1. The Hall–Kier alpha value is -1.30. The Kier molecular flexibility index (Phi) is 3.51. The normalized spacial score (nSPS) is 23.2. The highest BCUT2D eigenvalue weighted by Crippen LogP contribution is 2.27. The summed E-state index contributed by atoms with van der Waals surface area (Å²) in [5, 5.41) is 13.5. The third kappa shape index (κ3) is 2.69. The smallest absolute Gasteiger partial charge is 0.256 e. The van der Waals surface area contributed by atoms with Gasteiger partial charge in [0.15, 0.2) is 0 Å². The maximum atomic E-state index is 11.5. The highest BCUT2D eigenvalue weighted by molar-refractivity contribution is 6.30. The number of carbonyl (C=O) groups excluding carboxylic acids is 1. The fourth-order valence-corrected chi connectivity index (χ4v) is 2.20. The van der Waals surface area contributed by atoms with Gasteiger partial charge in [0.2, 0.25) is 0 Å². The molecule has 0 aliphatic carbocycles. The Morgan fingerprint density at radius 2 is 2.35 bits per heavy atom. The number of fused-ring (bicyclic) bond motifs is 1. The van der Waals surface area contributed by atoms with Crippen LogP contribution in [0.25, 0.3) is 0 Å². The molecule has 1 aromatic carbocycles. The van der Waals surface area contributed by atoms with Crippen LogP contribution in [-0.2, 0) is 11.2 Å². The zero-order valence-corrected chi connectivity index (χ0v) is 9.87. The molecule has 0 saturated carbocycles. The van der Waals surface area contributed by atoms with Crippen LogP contribution in [0, 0.1) is 0 Å². The van der Waals surface area contributed by atoms with Crippen molar-refractivity contribution >= 4 is 23.2 Å². The molecule has 1 aromatic rings. The largest absolute Gasteiger partial charge is 0.393 e. The first kappa shape index (κ1) is 12.2. The molecule has 92 valence electrons. The van der Waals surface area contributed by atoms with Gasteiger partial charge in [0.25, 0.3) is 5.91 Å². The van der Waals surface area contributed by atoms with Crippen LogP contribution in [0.2, 0.25) is 5.02 Å². The molecule has 0 aromatic heterocycles. The summed E-state index contributed by atoms with van der Waals surface area (Å²) in [6.45, 7) is 0. The number of hydrogen-bond acceptors (Lipinski definition) is 4. The van der Waals surface area contributed by atoms with Crippen molar-refractivity contribution in [3.8, 4) is 0 Å². The molecule has 0 spiro atoms. The molecule has 0 bridgehead atoms. The van der Waals surface area contributed by atoms with Gasteiger partial charge < -0.3 is 10.4 Å². The molecule has 5 nitrogen and oxygen atoms in total. The number of nitrogens with one attached hydrogen (secondary N) is 2. The molecule has 1 aliphatic heterocycles. The fraction of sp³-hybridized carbons (Fsp3) is 0.364. The van der Waals surface area contributed by atoms with Crippen molar-refractivity contribution < 1.29 is 9.90 Å². The molecule has 6 heteroatoms. The maximum Gasteiger partial charge on any atom is 0.256 e. The van der Waals surface area contributed by atoms with E-state index in [0.717, 1.165) is 11.3 Å². The average Bonchev–Trinajstić information content (AvgIpc) is 2.45. The minimum atomic E-state index is -0.593. The lowest BCUT2D eigenvalue weighted by Crippen LogP contribution is -2.44. The van der Waals surface area contributed by atoms with Crippen LogP contribution in [0.3, 0.4) is 0 Å². The molecular weight excluding hydrogens is 242 g/mol. The maximum absolute atomic E-state index is 11.5. The number of carbonyl (C=O) groups is 1. The summed E-state index contributed by atoms with van der Waals surface area (Å²) in [5.74, 6) is 4.76.